The zero-order valence-corrected chi connectivity index (χ0v) is 22.2. The molecule has 200 valence electrons. The molecule has 4 heterocycles. The number of hydrogen-bond donors (Lipinski definition) is 0. The average molecular weight is 531 g/mol. The minimum absolute atomic E-state index is 0.212. The Morgan fingerprint density at radius 3 is 2.33 bits per heavy atom. The lowest BCUT2D eigenvalue weighted by Crippen LogP contribution is -2.48. The first-order chi connectivity index (χ1) is 19.7. The molecule has 0 aliphatic carbocycles. The first kappa shape index (κ1) is 24.4. The highest BCUT2D eigenvalue weighted by atomic mass is 16.2. The van der Waals surface area contributed by atoms with Crippen molar-refractivity contribution >= 4 is 28.2 Å². The summed E-state index contributed by atoms with van der Waals surface area (Å²) in [6, 6.07) is 28.6. The second-order valence-electron chi connectivity index (χ2n) is 10.3. The maximum atomic E-state index is 13.0. The summed E-state index contributed by atoms with van der Waals surface area (Å²) in [6.45, 7) is 4.29. The molecule has 1 saturated heterocycles. The number of fused-ring (bicyclic) bond motifs is 6. The second-order valence-corrected chi connectivity index (χ2v) is 10.3. The topological polar surface area (TPSA) is 83.9 Å². The molecule has 0 atom stereocenters. The van der Waals surface area contributed by atoms with Gasteiger partial charge >= 0.3 is 0 Å². The number of benzene rings is 3. The predicted molar refractivity (Wildman–Crippen MR) is 154 cm³/mol. The summed E-state index contributed by atoms with van der Waals surface area (Å²) in [5.41, 5.74) is 4.00. The van der Waals surface area contributed by atoms with Gasteiger partial charge in [0.05, 0.1) is 5.52 Å². The molecule has 3 aromatic heterocycles. The van der Waals surface area contributed by atoms with Crippen molar-refractivity contribution < 1.29 is 4.79 Å². The van der Waals surface area contributed by atoms with Crippen LogP contribution in [0.4, 0.5) is 0 Å². The fraction of sp³-hybridized carbons (Fsp3) is 0.258. The Kier molecular flexibility index (Phi) is 6.41. The van der Waals surface area contributed by atoms with Gasteiger partial charge < -0.3 is 4.90 Å². The van der Waals surface area contributed by atoms with Gasteiger partial charge in [0.15, 0.2) is 11.5 Å². The second kappa shape index (κ2) is 10.5. The van der Waals surface area contributed by atoms with E-state index in [2.05, 4.69) is 55.9 Å². The Labute approximate surface area is 231 Å². The van der Waals surface area contributed by atoms with Crippen LogP contribution in [0, 0.1) is 0 Å². The van der Waals surface area contributed by atoms with Crippen molar-refractivity contribution in [1.82, 2.24) is 39.0 Å². The number of carbonyl (C=O) groups excluding carboxylic acids is 1. The van der Waals surface area contributed by atoms with E-state index in [0.717, 1.165) is 60.7 Å². The molecule has 6 aromatic rings. The molecule has 7 rings (SSSR count). The van der Waals surface area contributed by atoms with Gasteiger partial charge in [-0.3, -0.25) is 14.1 Å². The van der Waals surface area contributed by atoms with E-state index in [9.17, 15) is 4.79 Å². The number of rotatable bonds is 7. The average Bonchev–Trinajstić information content (AvgIpc) is 3.64. The lowest BCUT2D eigenvalue weighted by atomic mass is 10.1. The fourth-order valence-corrected chi connectivity index (χ4v) is 5.60. The number of carbonyl (C=O) groups is 1. The van der Waals surface area contributed by atoms with Crippen LogP contribution in [-0.2, 0) is 17.8 Å². The molecule has 0 N–H and O–H groups in total. The molecule has 9 nitrogen and oxygen atoms in total. The van der Waals surface area contributed by atoms with Crippen LogP contribution in [0.5, 0.6) is 0 Å². The van der Waals surface area contributed by atoms with Crippen molar-refractivity contribution in [3.8, 4) is 11.4 Å². The number of amides is 1. The van der Waals surface area contributed by atoms with E-state index in [-0.39, 0.29) is 5.91 Å². The van der Waals surface area contributed by atoms with Crippen molar-refractivity contribution in [3.05, 3.63) is 96.3 Å². The van der Waals surface area contributed by atoms with Gasteiger partial charge in [-0.1, -0.05) is 72.8 Å². The lowest BCUT2D eigenvalue weighted by Gasteiger charge is -2.34. The molecule has 1 aliphatic heterocycles. The van der Waals surface area contributed by atoms with Crippen LogP contribution >= 0.6 is 0 Å². The minimum atomic E-state index is 0.212. The van der Waals surface area contributed by atoms with E-state index in [0.29, 0.717) is 30.9 Å². The van der Waals surface area contributed by atoms with Gasteiger partial charge in [0, 0.05) is 56.5 Å². The molecule has 9 heteroatoms. The van der Waals surface area contributed by atoms with Gasteiger partial charge in [-0.25, -0.2) is 4.98 Å². The Hall–Kier alpha value is -4.63. The standard InChI is InChI=1S/C31H30N8O/c40-28(37-20-18-36(19-21-37)22-23-10-3-1-4-11-23)17-9-16-27-33-34-31-38(27)26-15-8-7-14-25(26)30-32-29(35-39(30)31)24-12-5-2-6-13-24/h1-8,10-15H,9,16-22H2. The van der Waals surface area contributed by atoms with Crippen molar-refractivity contribution in [1.29, 1.82) is 0 Å². The van der Waals surface area contributed by atoms with Gasteiger partial charge in [0.1, 0.15) is 5.82 Å². The number of hydrogen-bond acceptors (Lipinski definition) is 6. The van der Waals surface area contributed by atoms with E-state index in [4.69, 9.17) is 10.1 Å². The summed E-state index contributed by atoms with van der Waals surface area (Å²) in [5.74, 6) is 2.31. The van der Waals surface area contributed by atoms with E-state index < -0.39 is 0 Å². The van der Waals surface area contributed by atoms with Crippen molar-refractivity contribution in [2.24, 2.45) is 0 Å². The van der Waals surface area contributed by atoms with Gasteiger partial charge in [-0.05, 0) is 24.1 Å². The first-order valence-corrected chi connectivity index (χ1v) is 13.9. The molecule has 40 heavy (non-hydrogen) atoms. The van der Waals surface area contributed by atoms with Crippen molar-refractivity contribution in [2.75, 3.05) is 26.2 Å². The molecule has 0 unspecified atom stereocenters. The highest BCUT2D eigenvalue weighted by Gasteiger charge is 2.22. The zero-order valence-electron chi connectivity index (χ0n) is 22.2. The van der Waals surface area contributed by atoms with Crippen molar-refractivity contribution in [3.63, 3.8) is 0 Å². The third-order valence-corrected chi connectivity index (χ3v) is 7.69. The van der Waals surface area contributed by atoms with Crippen LogP contribution in [0.25, 0.3) is 33.7 Å². The Morgan fingerprint density at radius 2 is 1.52 bits per heavy atom. The maximum absolute atomic E-state index is 13.0. The van der Waals surface area contributed by atoms with E-state index in [1.807, 2.05) is 53.4 Å². The molecular formula is C31H30N8O. The lowest BCUT2D eigenvalue weighted by molar-refractivity contribution is -0.133. The molecule has 1 amide bonds. The Morgan fingerprint density at radius 1 is 0.800 bits per heavy atom. The third-order valence-electron chi connectivity index (χ3n) is 7.69. The normalized spacial score (nSPS) is 14.4. The van der Waals surface area contributed by atoms with Crippen LogP contribution < -0.4 is 0 Å². The third kappa shape index (κ3) is 4.58. The summed E-state index contributed by atoms with van der Waals surface area (Å²) >= 11 is 0. The maximum Gasteiger partial charge on any atom is 0.258 e. The Bertz CT molecular complexity index is 1790. The molecule has 0 bridgehead atoms. The van der Waals surface area contributed by atoms with Gasteiger partial charge in [-0.2, -0.15) is 4.52 Å². The van der Waals surface area contributed by atoms with Crippen LogP contribution in [-0.4, -0.2) is 71.1 Å². The molecule has 3 aromatic carbocycles. The SMILES string of the molecule is O=C(CCCc1nnc2n3nc(-c4ccccc4)nc3c3ccccc3n12)N1CCN(Cc2ccccc2)CC1. The van der Waals surface area contributed by atoms with E-state index in [1.54, 1.807) is 4.52 Å². The van der Waals surface area contributed by atoms with Crippen molar-refractivity contribution in [2.45, 2.75) is 25.8 Å². The predicted octanol–water partition coefficient (Wildman–Crippen LogP) is 4.26. The van der Waals surface area contributed by atoms with Gasteiger partial charge in [-0.15, -0.1) is 15.3 Å². The van der Waals surface area contributed by atoms with Gasteiger partial charge in [0.2, 0.25) is 5.91 Å². The van der Waals surface area contributed by atoms with Crippen LogP contribution in [0.3, 0.4) is 0 Å². The van der Waals surface area contributed by atoms with E-state index in [1.165, 1.54) is 5.56 Å². The number of piperazine rings is 1. The summed E-state index contributed by atoms with van der Waals surface area (Å²) in [6.07, 6.45) is 1.86. The molecule has 1 fully saturated rings. The van der Waals surface area contributed by atoms with Gasteiger partial charge in [0.25, 0.3) is 5.78 Å². The molecule has 0 saturated carbocycles. The smallest absolute Gasteiger partial charge is 0.258 e. The number of para-hydroxylation sites is 1. The summed E-state index contributed by atoms with van der Waals surface area (Å²) in [7, 11) is 0. The minimum Gasteiger partial charge on any atom is -0.340 e. The molecular weight excluding hydrogens is 500 g/mol. The number of nitrogens with zero attached hydrogens (tertiary/aromatic N) is 8. The first-order valence-electron chi connectivity index (χ1n) is 13.9. The molecule has 1 aliphatic rings. The number of aryl methyl sites for hydroxylation is 1. The van der Waals surface area contributed by atoms with Crippen LogP contribution in [0.2, 0.25) is 0 Å². The van der Waals surface area contributed by atoms with Crippen LogP contribution in [0.1, 0.15) is 24.2 Å². The fourth-order valence-electron chi connectivity index (χ4n) is 5.60. The Balaban J connectivity index is 1.06. The molecule has 0 radical (unpaired) electrons. The summed E-state index contributed by atoms with van der Waals surface area (Å²) in [4.78, 5) is 22.3. The monoisotopic (exact) mass is 530 g/mol. The largest absolute Gasteiger partial charge is 0.340 e. The molecule has 0 spiro atoms. The van der Waals surface area contributed by atoms with Crippen LogP contribution in [0.15, 0.2) is 84.9 Å². The summed E-state index contributed by atoms with van der Waals surface area (Å²) < 4.78 is 3.83. The highest BCUT2D eigenvalue weighted by molar-refractivity contribution is 5.94. The number of aromatic nitrogens is 6. The quantitative estimate of drug-likeness (QED) is 0.307. The highest BCUT2D eigenvalue weighted by Crippen LogP contribution is 2.25. The zero-order chi connectivity index (χ0) is 26.9. The summed E-state index contributed by atoms with van der Waals surface area (Å²) in [5, 5.41) is 14.8. The van der Waals surface area contributed by atoms with E-state index >= 15 is 0 Å².